The maximum Gasteiger partial charge on any atom is 0.410 e. The smallest absolute Gasteiger partial charge is 0.410 e. The summed E-state index contributed by atoms with van der Waals surface area (Å²) in [6.45, 7) is 9.77. The molecule has 1 amide bonds. The molecule has 2 atom stereocenters. The largest absolute Gasteiger partial charge is 0.444 e. The van der Waals surface area contributed by atoms with Crippen LogP contribution in [0, 0.1) is 5.92 Å². The molecule has 3 heterocycles. The Bertz CT molecular complexity index is 679. The van der Waals surface area contributed by atoms with Gasteiger partial charge in [-0.1, -0.05) is 6.92 Å². The Morgan fingerprint density at radius 2 is 2.00 bits per heavy atom. The fraction of sp³-hybridized carbons (Fsp3) is 0.778. The quantitative estimate of drug-likeness (QED) is 0.704. The summed E-state index contributed by atoms with van der Waals surface area (Å²) in [4.78, 5) is 14.0. The van der Waals surface area contributed by atoms with Gasteiger partial charge in [0.15, 0.2) is 0 Å². The lowest BCUT2D eigenvalue weighted by molar-refractivity contribution is -0.0315. The van der Waals surface area contributed by atoms with Gasteiger partial charge in [0.1, 0.15) is 11.3 Å². The van der Waals surface area contributed by atoms with Gasteiger partial charge >= 0.3 is 6.09 Å². The number of carbonyl (C=O) groups is 1. The minimum Gasteiger partial charge on any atom is -0.444 e. The van der Waals surface area contributed by atoms with Crippen LogP contribution in [0.5, 0.6) is 0 Å². The van der Waals surface area contributed by atoms with Crippen LogP contribution in [-0.4, -0.2) is 32.4 Å². The van der Waals surface area contributed by atoms with Gasteiger partial charge in [0.05, 0.1) is 12.2 Å². The van der Waals surface area contributed by atoms with Crippen LogP contribution in [0.3, 0.4) is 0 Å². The van der Waals surface area contributed by atoms with Crippen LogP contribution < -0.4 is 0 Å². The first-order valence-corrected chi connectivity index (χ1v) is 8.94. The summed E-state index contributed by atoms with van der Waals surface area (Å²) in [6, 6.07) is -0.131. The SMILES string of the molecule is C[C@H]1CCn2nc3c(c2C(F)(F)C1)CN(C(=O)OC(C)(C)C)[C@H](C)C3. The van der Waals surface area contributed by atoms with Gasteiger partial charge in [-0.15, -0.1) is 0 Å². The average molecular weight is 355 g/mol. The highest BCUT2D eigenvalue weighted by atomic mass is 19.3. The lowest BCUT2D eigenvalue weighted by Crippen LogP contribution is -2.45. The van der Waals surface area contributed by atoms with Crippen LogP contribution in [0.2, 0.25) is 0 Å². The number of aromatic nitrogens is 2. The molecule has 25 heavy (non-hydrogen) atoms. The second-order valence-corrected chi connectivity index (χ2v) is 8.46. The van der Waals surface area contributed by atoms with Crippen molar-refractivity contribution in [1.29, 1.82) is 0 Å². The zero-order valence-corrected chi connectivity index (χ0v) is 15.6. The van der Waals surface area contributed by atoms with E-state index in [9.17, 15) is 13.6 Å². The van der Waals surface area contributed by atoms with E-state index in [0.29, 0.717) is 30.6 Å². The van der Waals surface area contributed by atoms with Crippen molar-refractivity contribution in [3.05, 3.63) is 17.0 Å². The van der Waals surface area contributed by atoms with Crippen LogP contribution in [0.25, 0.3) is 0 Å². The van der Waals surface area contributed by atoms with Gasteiger partial charge in [-0.3, -0.25) is 4.68 Å². The number of nitrogens with zero attached hydrogens (tertiary/aromatic N) is 3. The van der Waals surface area contributed by atoms with Gasteiger partial charge in [0.25, 0.3) is 5.92 Å². The van der Waals surface area contributed by atoms with E-state index >= 15 is 0 Å². The Morgan fingerprint density at radius 1 is 1.32 bits per heavy atom. The molecule has 0 N–H and O–H groups in total. The van der Waals surface area contributed by atoms with Gasteiger partial charge in [-0.25, -0.2) is 4.79 Å². The number of halogens is 2. The first-order chi connectivity index (χ1) is 11.5. The zero-order valence-electron chi connectivity index (χ0n) is 15.6. The Morgan fingerprint density at radius 3 is 2.64 bits per heavy atom. The van der Waals surface area contributed by atoms with Crippen LogP contribution >= 0.6 is 0 Å². The average Bonchev–Trinajstić information content (AvgIpc) is 2.74. The highest BCUT2D eigenvalue weighted by molar-refractivity contribution is 5.69. The minimum atomic E-state index is -2.92. The molecule has 3 rings (SSSR count). The molecule has 0 unspecified atom stereocenters. The van der Waals surface area contributed by atoms with Gasteiger partial charge in [-0.2, -0.15) is 13.9 Å². The molecule has 0 saturated carbocycles. The van der Waals surface area contributed by atoms with E-state index in [4.69, 9.17) is 4.74 Å². The van der Waals surface area contributed by atoms with Crippen molar-refractivity contribution in [2.24, 2.45) is 5.92 Å². The van der Waals surface area contributed by atoms with E-state index < -0.39 is 17.6 Å². The molecule has 2 aliphatic heterocycles. The van der Waals surface area contributed by atoms with Crippen molar-refractivity contribution < 1.29 is 18.3 Å². The van der Waals surface area contributed by atoms with Crippen molar-refractivity contribution in [3.8, 4) is 0 Å². The van der Waals surface area contributed by atoms with Crippen molar-refractivity contribution in [2.75, 3.05) is 0 Å². The highest BCUT2D eigenvalue weighted by Crippen LogP contribution is 2.42. The number of ether oxygens (including phenoxy) is 1. The normalized spacial score (nSPS) is 25.8. The summed E-state index contributed by atoms with van der Waals surface area (Å²) in [6.07, 6.45) is 0.526. The summed E-state index contributed by atoms with van der Waals surface area (Å²) in [5.41, 5.74) is 0.568. The number of rotatable bonds is 0. The Kier molecular flexibility index (Phi) is 4.32. The van der Waals surface area contributed by atoms with E-state index in [1.807, 2.05) is 13.8 Å². The van der Waals surface area contributed by atoms with Crippen LogP contribution in [-0.2, 0) is 30.2 Å². The van der Waals surface area contributed by atoms with E-state index in [0.717, 1.165) is 0 Å². The summed E-state index contributed by atoms with van der Waals surface area (Å²) in [5, 5.41) is 4.46. The third kappa shape index (κ3) is 3.51. The molecule has 1 aromatic rings. The number of aryl methyl sites for hydroxylation is 1. The van der Waals surface area contributed by atoms with Gasteiger partial charge in [-0.05, 0) is 40.0 Å². The molecular formula is C18H27F2N3O2. The van der Waals surface area contributed by atoms with Gasteiger partial charge in [0, 0.05) is 31.0 Å². The van der Waals surface area contributed by atoms with Crippen LogP contribution in [0.4, 0.5) is 13.6 Å². The van der Waals surface area contributed by atoms with Crippen molar-refractivity contribution >= 4 is 6.09 Å². The predicted octanol–water partition coefficient (Wildman–Crippen LogP) is 4.09. The van der Waals surface area contributed by atoms with Crippen molar-refractivity contribution in [2.45, 2.75) is 84.5 Å². The molecule has 1 aromatic heterocycles. The monoisotopic (exact) mass is 355 g/mol. The van der Waals surface area contributed by atoms with Crippen molar-refractivity contribution in [1.82, 2.24) is 14.7 Å². The summed E-state index contributed by atoms with van der Waals surface area (Å²) < 4.78 is 36.6. The fourth-order valence-electron chi connectivity index (χ4n) is 3.71. The number of carbonyl (C=O) groups excluding carboxylic acids is 1. The lowest BCUT2D eigenvalue weighted by atomic mass is 9.94. The highest BCUT2D eigenvalue weighted by Gasteiger charge is 2.45. The molecule has 2 aliphatic rings. The lowest BCUT2D eigenvalue weighted by Gasteiger charge is -2.35. The van der Waals surface area contributed by atoms with Crippen LogP contribution in [0.1, 0.15) is 64.4 Å². The zero-order chi connectivity index (χ0) is 18.6. The molecule has 7 heteroatoms. The second kappa shape index (κ2) is 5.95. The predicted molar refractivity (Wildman–Crippen MR) is 89.5 cm³/mol. The standard InChI is InChI=1S/C18H27F2N3O2/c1-11-6-7-23-15(18(19,20)9-11)13-10-22(12(2)8-14(13)21-23)16(24)25-17(3,4)5/h11-12H,6-10H2,1-5H3/t11-,12+/m0/s1. The molecule has 0 aliphatic carbocycles. The molecule has 0 radical (unpaired) electrons. The first kappa shape index (κ1) is 18.1. The molecule has 5 nitrogen and oxygen atoms in total. The first-order valence-electron chi connectivity index (χ1n) is 8.94. The summed E-state index contributed by atoms with van der Waals surface area (Å²) in [5.74, 6) is -2.98. The Hall–Kier alpha value is -1.66. The third-order valence-corrected chi connectivity index (χ3v) is 4.90. The number of fused-ring (bicyclic) bond motifs is 3. The third-order valence-electron chi connectivity index (χ3n) is 4.90. The van der Waals surface area contributed by atoms with Crippen molar-refractivity contribution in [3.63, 3.8) is 0 Å². The maximum absolute atomic E-state index is 14.8. The van der Waals surface area contributed by atoms with E-state index in [2.05, 4.69) is 5.10 Å². The molecule has 0 saturated heterocycles. The fourth-order valence-corrected chi connectivity index (χ4v) is 3.71. The number of alkyl halides is 2. The second-order valence-electron chi connectivity index (χ2n) is 8.46. The number of hydrogen-bond donors (Lipinski definition) is 0. The van der Waals surface area contributed by atoms with Gasteiger partial charge < -0.3 is 9.64 Å². The molecular weight excluding hydrogens is 328 g/mol. The molecule has 0 aromatic carbocycles. The Labute approximate surface area is 147 Å². The Balaban J connectivity index is 1.95. The topological polar surface area (TPSA) is 47.4 Å². The molecule has 0 fully saturated rings. The maximum atomic E-state index is 14.8. The van der Waals surface area contributed by atoms with E-state index in [1.54, 1.807) is 25.7 Å². The molecule has 0 spiro atoms. The summed E-state index contributed by atoms with van der Waals surface area (Å²) in [7, 11) is 0. The number of hydrogen-bond acceptors (Lipinski definition) is 3. The number of amides is 1. The van der Waals surface area contributed by atoms with Crippen LogP contribution in [0.15, 0.2) is 0 Å². The van der Waals surface area contributed by atoms with E-state index in [1.165, 1.54) is 4.68 Å². The minimum absolute atomic E-state index is 0.00712. The molecule has 140 valence electrons. The molecule has 0 bridgehead atoms. The summed E-state index contributed by atoms with van der Waals surface area (Å²) >= 11 is 0. The van der Waals surface area contributed by atoms with Gasteiger partial charge in [0.2, 0.25) is 0 Å². The van der Waals surface area contributed by atoms with E-state index in [-0.39, 0.29) is 30.6 Å².